The van der Waals surface area contributed by atoms with Gasteiger partial charge in [-0.15, -0.1) is 12.4 Å². The largest absolute Gasteiger partial charge is 0.324 e. The monoisotopic (exact) mass is 282 g/mol. The first kappa shape index (κ1) is 16.0. The number of hydrogen-bond acceptors (Lipinski definition) is 2. The number of pyridine rings is 1. The van der Waals surface area contributed by atoms with Crippen LogP contribution in [-0.2, 0) is 0 Å². The van der Waals surface area contributed by atoms with Gasteiger partial charge in [0.2, 0.25) is 0 Å². The first-order valence-electron chi connectivity index (χ1n) is 5.08. The Balaban J connectivity index is 0.00000225. The van der Waals surface area contributed by atoms with Crippen molar-refractivity contribution >= 4 is 35.6 Å². The fourth-order valence-corrected chi connectivity index (χ4v) is 1.85. The molecule has 1 aromatic rings. The molecule has 5 heteroatoms. The average molecular weight is 284 g/mol. The molecule has 0 aliphatic carbocycles. The minimum atomic E-state index is -0.0512. The summed E-state index contributed by atoms with van der Waals surface area (Å²) in [5.74, 6) is 0.648. The van der Waals surface area contributed by atoms with Crippen molar-refractivity contribution in [2.24, 2.45) is 11.7 Å². The maximum absolute atomic E-state index is 6.03. The van der Waals surface area contributed by atoms with Crippen LogP contribution in [0, 0.1) is 5.92 Å². The molecule has 0 amide bonds. The van der Waals surface area contributed by atoms with Crippen molar-refractivity contribution in [1.82, 2.24) is 4.98 Å². The quantitative estimate of drug-likeness (QED) is 0.839. The average Bonchev–Trinajstić information content (AvgIpc) is 2.14. The van der Waals surface area contributed by atoms with Gasteiger partial charge in [0.15, 0.2) is 0 Å². The first-order chi connectivity index (χ1) is 7.00. The minimum absolute atomic E-state index is 0. The van der Waals surface area contributed by atoms with E-state index in [2.05, 4.69) is 18.8 Å². The molecule has 0 saturated carbocycles. The van der Waals surface area contributed by atoms with Crippen LogP contribution in [0.2, 0.25) is 10.3 Å². The smallest absolute Gasteiger partial charge is 0.135 e. The predicted molar refractivity (Wildman–Crippen MR) is 72.5 cm³/mol. The van der Waals surface area contributed by atoms with Crippen molar-refractivity contribution in [2.75, 3.05) is 0 Å². The Kier molecular flexibility index (Phi) is 7.32. The van der Waals surface area contributed by atoms with Gasteiger partial charge in [-0.2, -0.15) is 0 Å². The van der Waals surface area contributed by atoms with E-state index >= 15 is 0 Å². The second-order valence-electron chi connectivity index (χ2n) is 4.09. The lowest BCUT2D eigenvalue weighted by Crippen LogP contribution is -2.12. The standard InChI is InChI=1S/C11H16Cl2N2.ClH/c1-7(2)3-5-9(14)8-4-6-10(12)15-11(8)13;/h4,6-7,9H,3,5,14H2,1-2H3;1H/t9-;/m1./s1. The van der Waals surface area contributed by atoms with Crippen molar-refractivity contribution in [3.05, 3.63) is 28.0 Å². The summed E-state index contributed by atoms with van der Waals surface area (Å²) in [6, 6.07) is 3.52. The second-order valence-corrected chi connectivity index (χ2v) is 4.84. The normalized spacial score (nSPS) is 12.4. The predicted octanol–water partition coefficient (Wildman–Crippen LogP) is 4.25. The number of nitrogens with two attached hydrogens (primary N) is 1. The molecule has 0 aromatic carbocycles. The Morgan fingerprint density at radius 3 is 2.38 bits per heavy atom. The molecule has 16 heavy (non-hydrogen) atoms. The molecule has 0 aliphatic rings. The zero-order chi connectivity index (χ0) is 11.4. The van der Waals surface area contributed by atoms with Crippen LogP contribution in [0.25, 0.3) is 0 Å². The lowest BCUT2D eigenvalue weighted by Gasteiger charge is -2.14. The van der Waals surface area contributed by atoms with E-state index in [1.54, 1.807) is 6.07 Å². The molecule has 0 radical (unpaired) electrons. The summed E-state index contributed by atoms with van der Waals surface area (Å²) >= 11 is 11.7. The third kappa shape index (κ3) is 4.88. The lowest BCUT2D eigenvalue weighted by molar-refractivity contribution is 0.506. The molecular formula is C11H17Cl3N2. The van der Waals surface area contributed by atoms with Crippen molar-refractivity contribution in [1.29, 1.82) is 0 Å². The summed E-state index contributed by atoms with van der Waals surface area (Å²) in [6.07, 6.45) is 2.00. The zero-order valence-corrected chi connectivity index (χ0v) is 11.7. The molecule has 0 saturated heterocycles. The molecule has 1 aromatic heterocycles. The number of aromatic nitrogens is 1. The molecule has 2 nitrogen and oxygen atoms in total. The van der Waals surface area contributed by atoms with Crippen LogP contribution in [-0.4, -0.2) is 4.98 Å². The van der Waals surface area contributed by atoms with Crippen LogP contribution in [0.3, 0.4) is 0 Å². The summed E-state index contributed by atoms with van der Waals surface area (Å²) in [6.45, 7) is 4.35. The SMILES string of the molecule is CC(C)CC[C@@H](N)c1ccc(Cl)nc1Cl.Cl. The second kappa shape index (κ2) is 7.33. The van der Waals surface area contributed by atoms with E-state index < -0.39 is 0 Å². The molecule has 2 N–H and O–H groups in total. The van der Waals surface area contributed by atoms with Crippen LogP contribution in [0.1, 0.15) is 38.3 Å². The molecule has 0 fully saturated rings. The van der Waals surface area contributed by atoms with Gasteiger partial charge in [0.25, 0.3) is 0 Å². The van der Waals surface area contributed by atoms with Crippen molar-refractivity contribution < 1.29 is 0 Å². The number of rotatable bonds is 4. The van der Waals surface area contributed by atoms with E-state index in [1.807, 2.05) is 6.07 Å². The van der Waals surface area contributed by atoms with Crippen molar-refractivity contribution in [3.63, 3.8) is 0 Å². The van der Waals surface area contributed by atoms with Gasteiger partial charge in [-0.3, -0.25) is 0 Å². The van der Waals surface area contributed by atoms with Gasteiger partial charge in [0.1, 0.15) is 10.3 Å². The molecule has 0 bridgehead atoms. The van der Waals surface area contributed by atoms with E-state index in [0.29, 0.717) is 16.2 Å². The maximum Gasteiger partial charge on any atom is 0.135 e. The summed E-state index contributed by atoms with van der Waals surface area (Å²) in [4.78, 5) is 3.97. The van der Waals surface area contributed by atoms with E-state index in [9.17, 15) is 0 Å². The zero-order valence-electron chi connectivity index (χ0n) is 9.41. The number of nitrogens with zero attached hydrogens (tertiary/aromatic N) is 1. The molecule has 1 rings (SSSR count). The lowest BCUT2D eigenvalue weighted by atomic mass is 9.99. The molecular weight excluding hydrogens is 266 g/mol. The van der Waals surface area contributed by atoms with Crippen LogP contribution in [0.5, 0.6) is 0 Å². The molecule has 0 spiro atoms. The van der Waals surface area contributed by atoms with Gasteiger partial charge in [0.05, 0.1) is 0 Å². The highest BCUT2D eigenvalue weighted by atomic mass is 35.5. The highest BCUT2D eigenvalue weighted by Gasteiger charge is 2.11. The topological polar surface area (TPSA) is 38.9 Å². The van der Waals surface area contributed by atoms with E-state index in [-0.39, 0.29) is 18.4 Å². The van der Waals surface area contributed by atoms with Gasteiger partial charge in [-0.05, 0) is 24.8 Å². The molecule has 0 unspecified atom stereocenters. The van der Waals surface area contributed by atoms with E-state index in [4.69, 9.17) is 28.9 Å². The van der Waals surface area contributed by atoms with E-state index in [1.165, 1.54) is 0 Å². The van der Waals surface area contributed by atoms with Crippen LogP contribution < -0.4 is 5.73 Å². The minimum Gasteiger partial charge on any atom is -0.324 e. The van der Waals surface area contributed by atoms with Crippen LogP contribution in [0.4, 0.5) is 0 Å². The number of halogens is 3. The fraction of sp³-hybridized carbons (Fsp3) is 0.545. The third-order valence-electron chi connectivity index (χ3n) is 2.30. The van der Waals surface area contributed by atoms with E-state index in [0.717, 1.165) is 18.4 Å². The summed E-state index contributed by atoms with van der Waals surface area (Å²) < 4.78 is 0. The highest BCUT2D eigenvalue weighted by molar-refractivity contribution is 6.32. The third-order valence-corrected chi connectivity index (χ3v) is 2.81. The molecule has 1 atom stereocenters. The van der Waals surface area contributed by atoms with Gasteiger partial charge in [0, 0.05) is 11.6 Å². The maximum atomic E-state index is 6.03. The molecule has 1 heterocycles. The highest BCUT2D eigenvalue weighted by Crippen LogP contribution is 2.25. The van der Waals surface area contributed by atoms with Crippen LogP contribution >= 0.6 is 35.6 Å². The Bertz CT molecular complexity index is 329. The Hall–Kier alpha value is -0.0200. The molecule has 92 valence electrons. The van der Waals surface area contributed by atoms with Gasteiger partial charge >= 0.3 is 0 Å². The van der Waals surface area contributed by atoms with Gasteiger partial charge in [-0.1, -0.05) is 43.1 Å². The Morgan fingerprint density at radius 1 is 1.25 bits per heavy atom. The summed E-state index contributed by atoms with van der Waals surface area (Å²) in [7, 11) is 0. The summed E-state index contributed by atoms with van der Waals surface area (Å²) in [5, 5.41) is 0.818. The van der Waals surface area contributed by atoms with Gasteiger partial charge in [-0.25, -0.2) is 4.98 Å². The van der Waals surface area contributed by atoms with Crippen molar-refractivity contribution in [3.8, 4) is 0 Å². The van der Waals surface area contributed by atoms with Gasteiger partial charge < -0.3 is 5.73 Å². The van der Waals surface area contributed by atoms with Crippen LogP contribution in [0.15, 0.2) is 12.1 Å². The molecule has 0 aliphatic heterocycles. The summed E-state index contributed by atoms with van der Waals surface area (Å²) in [5.41, 5.74) is 6.90. The Labute approximate surface area is 113 Å². The Morgan fingerprint density at radius 2 is 1.88 bits per heavy atom. The first-order valence-corrected chi connectivity index (χ1v) is 5.83. The number of hydrogen-bond donors (Lipinski definition) is 1. The fourth-order valence-electron chi connectivity index (χ4n) is 1.37. The van der Waals surface area contributed by atoms with Crippen molar-refractivity contribution in [2.45, 2.75) is 32.7 Å².